The van der Waals surface area contributed by atoms with Crippen molar-refractivity contribution < 1.29 is 18.7 Å². The number of hydrogen-bond donors (Lipinski definition) is 1. The highest BCUT2D eigenvalue weighted by Gasteiger charge is 2.31. The number of rotatable bonds is 11. The molecule has 6 heteroatoms. The maximum Gasteiger partial charge on any atom is 0.261 e. The average molecular weight is 477 g/mol. The molecule has 0 heterocycles. The number of carbonyl (C=O) groups excluding carboxylic acids is 2. The van der Waals surface area contributed by atoms with E-state index in [4.69, 9.17) is 4.74 Å². The van der Waals surface area contributed by atoms with Crippen molar-refractivity contribution in [2.75, 3.05) is 13.2 Å². The van der Waals surface area contributed by atoms with Gasteiger partial charge in [-0.25, -0.2) is 4.39 Å². The van der Waals surface area contributed by atoms with E-state index in [-0.39, 0.29) is 25.0 Å². The molecule has 5 nitrogen and oxygen atoms in total. The average Bonchev–Trinajstić information content (AvgIpc) is 2.85. The third-order valence-corrected chi connectivity index (χ3v) is 5.80. The number of ether oxygens (including phenoxy) is 1. The van der Waals surface area contributed by atoms with Crippen molar-refractivity contribution in [3.8, 4) is 5.75 Å². The van der Waals surface area contributed by atoms with Gasteiger partial charge in [-0.3, -0.25) is 9.59 Å². The number of nitrogens with zero attached hydrogens (tertiary/aromatic N) is 1. The van der Waals surface area contributed by atoms with Crippen LogP contribution >= 0.6 is 0 Å². The molecule has 0 radical (unpaired) electrons. The molecule has 0 aliphatic heterocycles. The lowest BCUT2D eigenvalue weighted by Crippen LogP contribution is -2.52. The number of carbonyl (C=O) groups is 2. The van der Waals surface area contributed by atoms with Gasteiger partial charge in [0.05, 0.1) is 0 Å². The van der Waals surface area contributed by atoms with Crippen molar-refractivity contribution in [1.29, 1.82) is 0 Å². The van der Waals surface area contributed by atoms with E-state index in [0.717, 1.165) is 23.1 Å². The van der Waals surface area contributed by atoms with E-state index in [1.54, 1.807) is 18.2 Å². The van der Waals surface area contributed by atoms with Crippen LogP contribution in [0.1, 0.15) is 35.6 Å². The Balaban J connectivity index is 1.91. The quantitative estimate of drug-likeness (QED) is 0.424. The van der Waals surface area contributed by atoms with E-state index in [1.165, 1.54) is 11.0 Å². The van der Waals surface area contributed by atoms with Crippen LogP contribution in [0.4, 0.5) is 4.39 Å². The van der Waals surface area contributed by atoms with Gasteiger partial charge in [-0.2, -0.15) is 0 Å². The van der Waals surface area contributed by atoms with Gasteiger partial charge in [0.1, 0.15) is 17.6 Å². The number of benzene rings is 3. The molecule has 0 bridgehead atoms. The summed E-state index contributed by atoms with van der Waals surface area (Å²) in [6.45, 7) is 6.06. The van der Waals surface area contributed by atoms with Crippen molar-refractivity contribution in [2.24, 2.45) is 0 Å². The van der Waals surface area contributed by atoms with Crippen LogP contribution in [0.2, 0.25) is 0 Å². The summed E-state index contributed by atoms with van der Waals surface area (Å²) in [6.07, 6.45) is 1.07. The minimum Gasteiger partial charge on any atom is -0.483 e. The molecule has 0 spiro atoms. The van der Waals surface area contributed by atoms with Crippen molar-refractivity contribution in [3.63, 3.8) is 0 Å². The van der Waals surface area contributed by atoms with E-state index in [9.17, 15) is 14.0 Å². The van der Waals surface area contributed by atoms with Crippen molar-refractivity contribution in [1.82, 2.24) is 10.2 Å². The first kappa shape index (κ1) is 25.9. The molecule has 1 N–H and O–H groups in total. The topological polar surface area (TPSA) is 58.6 Å². The van der Waals surface area contributed by atoms with Gasteiger partial charge < -0.3 is 15.0 Å². The predicted octanol–water partition coefficient (Wildman–Crippen LogP) is 4.99. The first-order chi connectivity index (χ1) is 16.9. The van der Waals surface area contributed by atoms with Gasteiger partial charge >= 0.3 is 0 Å². The van der Waals surface area contributed by atoms with Crippen LogP contribution in [0.3, 0.4) is 0 Å². The fourth-order valence-electron chi connectivity index (χ4n) is 3.91. The van der Waals surface area contributed by atoms with Gasteiger partial charge in [0, 0.05) is 25.1 Å². The fraction of sp³-hybridized carbons (Fsp3) is 0.310. The molecule has 35 heavy (non-hydrogen) atoms. The maximum atomic E-state index is 14.6. The van der Waals surface area contributed by atoms with Gasteiger partial charge in [-0.15, -0.1) is 0 Å². The van der Waals surface area contributed by atoms with Gasteiger partial charge in [-0.05, 0) is 43.5 Å². The van der Waals surface area contributed by atoms with Crippen LogP contribution in [0.15, 0.2) is 72.8 Å². The van der Waals surface area contributed by atoms with Crippen LogP contribution in [0.25, 0.3) is 0 Å². The summed E-state index contributed by atoms with van der Waals surface area (Å²) in [4.78, 5) is 28.2. The van der Waals surface area contributed by atoms with Gasteiger partial charge in [0.15, 0.2) is 6.61 Å². The Morgan fingerprint density at radius 1 is 1.00 bits per heavy atom. The molecule has 0 aliphatic carbocycles. The molecule has 0 fully saturated rings. The zero-order valence-corrected chi connectivity index (χ0v) is 20.6. The molecule has 0 saturated carbocycles. The zero-order valence-electron chi connectivity index (χ0n) is 20.6. The summed E-state index contributed by atoms with van der Waals surface area (Å²) in [5.41, 5.74) is 3.26. The summed E-state index contributed by atoms with van der Waals surface area (Å²) >= 11 is 0. The van der Waals surface area contributed by atoms with E-state index in [2.05, 4.69) is 5.32 Å². The van der Waals surface area contributed by atoms with E-state index < -0.39 is 11.9 Å². The lowest BCUT2D eigenvalue weighted by Gasteiger charge is -2.31. The Morgan fingerprint density at radius 3 is 2.40 bits per heavy atom. The van der Waals surface area contributed by atoms with Crippen LogP contribution in [0.5, 0.6) is 5.75 Å². The molecule has 3 rings (SSSR count). The third-order valence-electron chi connectivity index (χ3n) is 5.80. The second-order valence-corrected chi connectivity index (χ2v) is 8.67. The first-order valence-electron chi connectivity index (χ1n) is 11.9. The summed E-state index contributed by atoms with van der Waals surface area (Å²) in [7, 11) is 0. The second kappa shape index (κ2) is 12.7. The Bertz CT molecular complexity index is 1130. The minimum absolute atomic E-state index is 0.0429. The van der Waals surface area contributed by atoms with Gasteiger partial charge in [0.25, 0.3) is 5.91 Å². The van der Waals surface area contributed by atoms with Crippen LogP contribution in [-0.4, -0.2) is 35.9 Å². The monoisotopic (exact) mass is 476 g/mol. The molecular formula is C29H33FN2O3. The predicted molar refractivity (Wildman–Crippen MR) is 136 cm³/mol. The molecule has 0 aliphatic rings. The van der Waals surface area contributed by atoms with E-state index in [0.29, 0.717) is 24.3 Å². The second-order valence-electron chi connectivity index (χ2n) is 8.67. The molecule has 1 unspecified atom stereocenters. The Hall–Kier alpha value is -3.67. The van der Waals surface area contributed by atoms with Crippen molar-refractivity contribution in [3.05, 3.63) is 101 Å². The normalized spacial score (nSPS) is 11.5. The molecule has 3 aromatic rings. The standard InChI is InChI=1S/C29H33FN2O3/c1-4-16-31-29(34)26(18-23-10-6-5-7-11-23)32(19-24-12-8-9-13-25(24)30)28(33)20-35-27-15-14-21(2)17-22(27)3/h5-15,17,26H,4,16,18-20H2,1-3H3,(H,31,34). The zero-order chi connectivity index (χ0) is 25.2. The first-order valence-corrected chi connectivity index (χ1v) is 11.9. The van der Waals surface area contributed by atoms with Crippen LogP contribution in [-0.2, 0) is 22.6 Å². The summed E-state index contributed by atoms with van der Waals surface area (Å²) in [5.74, 6) is -0.481. The van der Waals surface area contributed by atoms with Gasteiger partial charge in [-0.1, -0.05) is 73.2 Å². The fourth-order valence-corrected chi connectivity index (χ4v) is 3.91. The van der Waals surface area contributed by atoms with E-state index in [1.807, 2.05) is 69.3 Å². The third kappa shape index (κ3) is 7.41. The lowest BCUT2D eigenvalue weighted by molar-refractivity contribution is -0.142. The number of nitrogens with one attached hydrogen (secondary N) is 1. The lowest BCUT2D eigenvalue weighted by atomic mass is 10.0. The highest BCUT2D eigenvalue weighted by molar-refractivity contribution is 5.88. The molecule has 0 aromatic heterocycles. The summed E-state index contributed by atoms with van der Waals surface area (Å²) in [6, 6.07) is 20.7. The van der Waals surface area contributed by atoms with Crippen molar-refractivity contribution in [2.45, 2.75) is 46.2 Å². The number of hydrogen-bond acceptors (Lipinski definition) is 3. The SMILES string of the molecule is CCCNC(=O)C(Cc1ccccc1)N(Cc1ccccc1F)C(=O)COc1ccc(C)cc1C. The molecular weight excluding hydrogens is 443 g/mol. The summed E-state index contributed by atoms with van der Waals surface area (Å²) in [5, 5.41) is 2.91. The Labute approximate surface area is 206 Å². The highest BCUT2D eigenvalue weighted by atomic mass is 19.1. The molecule has 1 atom stereocenters. The molecule has 3 aromatic carbocycles. The summed E-state index contributed by atoms with van der Waals surface area (Å²) < 4.78 is 20.4. The molecule has 0 saturated heterocycles. The largest absolute Gasteiger partial charge is 0.483 e. The molecule has 2 amide bonds. The minimum atomic E-state index is -0.821. The molecule has 184 valence electrons. The number of halogens is 1. The Morgan fingerprint density at radius 2 is 1.71 bits per heavy atom. The maximum absolute atomic E-state index is 14.6. The van der Waals surface area contributed by atoms with E-state index >= 15 is 0 Å². The number of amides is 2. The highest BCUT2D eigenvalue weighted by Crippen LogP contribution is 2.20. The Kier molecular flexibility index (Phi) is 9.41. The smallest absolute Gasteiger partial charge is 0.261 e. The van der Waals surface area contributed by atoms with Crippen LogP contribution < -0.4 is 10.1 Å². The number of aryl methyl sites for hydroxylation is 2. The van der Waals surface area contributed by atoms with Crippen LogP contribution in [0, 0.1) is 19.7 Å². The van der Waals surface area contributed by atoms with Crippen molar-refractivity contribution >= 4 is 11.8 Å². The van der Waals surface area contributed by atoms with Gasteiger partial charge in [0.2, 0.25) is 5.91 Å².